The number of aromatic hydroxyl groups is 1. The minimum Gasteiger partial charge on any atom is -0.507 e. The molecule has 0 saturated carbocycles. The summed E-state index contributed by atoms with van der Waals surface area (Å²) < 4.78 is 5.74. The van der Waals surface area contributed by atoms with E-state index in [1.807, 2.05) is 37.3 Å². The van der Waals surface area contributed by atoms with Crippen molar-refractivity contribution < 1.29 is 14.3 Å². The van der Waals surface area contributed by atoms with E-state index in [2.05, 4.69) is 0 Å². The average molecular weight is 291 g/mol. The Bertz CT molecular complexity index is 916. The summed E-state index contributed by atoms with van der Waals surface area (Å²) in [6.07, 6.45) is 0.596. The average Bonchev–Trinajstić information content (AvgIpc) is 2.93. The largest absolute Gasteiger partial charge is 0.507 e. The first kappa shape index (κ1) is 13.9. The molecule has 4 heteroatoms. The van der Waals surface area contributed by atoms with E-state index in [0.717, 1.165) is 5.39 Å². The number of phenols is 1. The Morgan fingerprint density at radius 2 is 2.05 bits per heavy atom. The number of ketones is 1. The molecule has 1 heterocycles. The van der Waals surface area contributed by atoms with Gasteiger partial charge in [0.05, 0.1) is 11.1 Å². The van der Waals surface area contributed by atoms with Gasteiger partial charge in [-0.3, -0.25) is 4.79 Å². The molecule has 0 saturated heterocycles. The standard InChI is InChI=1S/C18H13NO3/c1-2-15-17(13-5-3-4-6-16(13)22-15)18(21)11-7-8-14(20)12(9-11)10-19/h3-9,20H,2H2,1H3. The molecular formula is C18H13NO3. The predicted molar refractivity (Wildman–Crippen MR) is 81.8 cm³/mol. The van der Waals surface area contributed by atoms with Crippen LogP contribution in [0.4, 0.5) is 0 Å². The van der Waals surface area contributed by atoms with Crippen molar-refractivity contribution in [2.75, 3.05) is 0 Å². The predicted octanol–water partition coefficient (Wildman–Crippen LogP) is 3.80. The van der Waals surface area contributed by atoms with E-state index in [1.165, 1.54) is 18.2 Å². The number of aryl methyl sites for hydroxylation is 1. The summed E-state index contributed by atoms with van der Waals surface area (Å²) in [4.78, 5) is 12.8. The van der Waals surface area contributed by atoms with Gasteiger partial charge in [-0.05, 0) is 24.3 Å². The van der Waals surface area contributed by atoms with Crippen LogP contribution in [-0.2, 0) is 6.42 Å². The second-order valence-corrected chi connectivity index (χ2v) is 4.92. The fraction of sp³-hybridized carbons (Fsp3) is 0.111. The molecule has 4 nitrogen and oxygen atoms in total. The Balaban J connectivity index is 2.19. The summed E-state index contributed by atoms with van der Waals surface area (Å²) in [7, 11) is 0. The number of rotatable bonds is 3. The summed E-state index contributed by atoms with van der Waals surface area (Å²) in [5.74, 6) is 0.280. The molecule has 2 aromatic carbocycles. The van der Waals surface area contributed by atoms with Crippen molar-refractivity contribution >= 4 is 16.8 Å². The van der Waals surface area contributed by atoms with Crippen LogP contribution in [0.3, 0.4) is 0 Å². The summed E-state index contributed by atoms with van der Waals surface area (Å²) in [5, 5.41) is 19.3. The number of furan rings is 1. The number of phenolic OH excluding ortho intramolecular Hbond substituents is 1. The van der Waals surface area contributed by atoms with Crippen LogP contribution in [0.5, 0.6) is 5.75 Å². The van der Waals surface area contributed by atoms with Gasteiger partial charge in [0.2, 0.25) is 0 Å². The lowest BCUT2D eigenvalue weighted by Crippen LogP contribution is -2.03. The number of nitrogens with zero attached hydrogens (tertiary/aromatic N) is 1. The van der Waals surface area contributed by atoms with Gasteiger partial charge in [0.25, 0.3) is 0 Å². The molecule has 0 unspecified atom stereocenters. The van der Waals surface area contributed by atoms with Crippen LogP contribution in [-0.4, -0.2) is 10.9 Å². The molecule has 0 bridgehead atoms. The van der Waals surface area contributed by atoms with Crippen LogP contribution in [0, 0.1) is 11.3 Å². The van der Waals surface area contributed by atoms with Gasteiger partial charge in [0.1, 0.15) is 23.2 Å². The minimum absolute atomic E-state index is 0.0803. The molecule has 0 amide bonds. The zero-order valence-electron chi connectivity index (χ0n) is 12.0. The quantitative estimate of drug-likeness (QED) is 0.745. The number of nitriles is 1. The van der Waals surface area contributed by atoms with E-state index >= 15 is 0 Å². The fourth-order valence-corrected chi connectivity index (χ4v) is 2.51. The van der Waals surface area contributed by atoms with E-state index in [0.29, 0.717) is 28.9 Å². The molecule has 1 N–H and O–H groups in total. The number of carbonyl (C=O) groups excluding carboxylic acids is 1. The third-order valence-corrected chi connectivity index (χ3v) is 3.60. The molecule has 0 spiro atoms. The highest BCUT2D eigenvalue weighted by molar-refractivity contribution is 6.17. The maximum Gasteiger partial charge on any atom is 0.197 e. The van der Waals surface area contributed by atoms with Crippen LogP contribution < -0.4 is 0 Å². The lowest BCUT2D eigenvalue weighted by atomic mass is 9.98. The van der Waals surface area contributed by atoms with E-state index in [-0.39, 0.29) is 17.1 Å². The molecule has 0 atom stereocenters. The van der Waals surface area contributed by atoms with Gasteiger partial charge in [-0.25, -0.2) is 0 Å². The third-order valence-electron chi connectivity index (χ3n) is 3.60. The normalized spacial score (nSPS) is 10.5. The van der Waals surface area contributed by atoms with Gasteiger partial charge in [-0.15, -0.1) is 0 Å². The molecule has 1 aromatic heterocycles. The topological polar surface area (TPSA) is 74.2 Å². The first-order chi connectivity index (χ1) is 10.7. The van der Waals surface area contributed by atoms with Crippen LogP contribution in [0.15, 0.2) is 46.9 Å². The Kier molecular flexibility index (Phi) is 3.40. The highest BCUT2D eigenvalue weighted by Crippen LogP contribution is 2.29. The number of hydrogen-bond acceptors (Lipinski definition) is 4. The zero-order valence-corrected chi connectivity index (χ0v) is 12.0. The number of benzene rings is 2. The highest BCUT2D eigenvalue weighted by Gasteiger charge is 2.21. The third kappa shape index (κ3) is 2.13. The van der Waals surface area contributed by atoms with Crippen molar-refractivity contribution in [3.8, 4) is 11.8 Å². The Labute approximate surface area is 127 Å². The molecule has 0 aliphatic rings. The van der Waals surface area contributed by atoms with Gasteiger partial charge in [-0.2, -0.15) is 5.26 Å². The molecular weight excluding hydrogens is 278 g/mol. The van der Waals surface area contributed by atoms with Crippen molar-refractivity contribution in [3.05, 3.63) is 64.9 Å². The summed E-state index contributed by atoms with van der Waals surface area (Å²) in [6, 6.07) is 13.5. The molecule has 3 rings (SSSR count). The molecule has 22 heavy (non-hydrogen) atoms. The smallest absolute Gasteiger partial charge is 0.197 e. The first-order valence-electron chi connectivity index (χ1n) is 6.94. The zero-order chi connectivity index (χ0) is 15.7. The highest BCUT2D eigenvalue weighted by atomic mass is 16.3. The molecule has 0 aliphatic heterocycles. The van der Waals surface area contributed by atoms with Crippen LogP contribution >= 0.6 is 0 Å². The Hall–Kier alpha value is -3.06. The molecule has 0 radical (unpaired) electrons. The maximum atomic E-state index is 12.8. The molecule has 108 valence electrons. The van der Waals surface area contributed by atoms with Crippen molar-refractivity contribution in [2.24, 2.45) is 0 Å². The SMILES string of the molecule is CCc1oc2ccccc2c1C(=O)c1ccc(O)c(C#N)c1. The van der Waals surface area contributed by atoms with Gasteiger partial charge in [-0.1, -0.05) is 25.1 Å². The van der Waals surface area contributed by atoms with Crippen molar-refractivity contribution in [2.45, 2.75) is 13.3 Å². The minimum atomic E-state index is -0.210. The number of fused-ring (bicyclic) bond motifs is 1. The number of carbonyl (C=O) groups is 1. The fourth-order valence-electron chi connectivity index (χ4n) is 2.51. The molecule has 0 aliphatic carbocycles. The van der Waals surface area contributed by atoms with E-state index in [4.69, 9.17) is 9.68 Å². The van der Waals surface area contributed by atoms with Gasteiger partial charge in [0, 0.05) is 17.4 Å². The second-order valence-electron chi connectivity index (χ2n) is 4.92. The summed E-state index contributed by atoms with van der Waals surface area (Å²) >= 11 is 0. The van der Waals surface area contributed by atoms with Crippen LogP contribution in [0.1, 0.15) is 34.2 Å². The maximum absolute atomic E-state index is 12.8. The van der Waals surface area contributed by atoms with Crippen LogP contribution in [0.25, 0.3) is 11.0 Å². The molecule has 3 aromatic rings. The lowest BCUT2D eigenvalue weighted by molar-refractivity contribution is 0.103. The second kappa shape index (κ2) is 5.38. The lowest BCUT2D eigenvalue weighted by Gasteiger charge is -2.03. The van der Waals surface area contributed by atoms with Crippen molar-refractivity contribution in [3.63, 3.8) is 0 Å². The summed E-state index contributed by atoms with van der Waals surface area (Å²) in [6.45, 7) is 1.92. The van der Waals surface area contributed by atoms with Crippen LogP contribution in [0.2, 0.25) is 0 Å². The number of hydrogen-bond donors (Lipinski definition) is 1. The van der Waals surface area contributed by atoms with Gasteiger partial charge < -0.3 is 9.52 Å². The summed E-state index contributed by atoms with van der Waals surface area (Å²) in [5.41, 5.74) is 1.63. The van der Waals surface area contributed by atoms with Crippen molar-refractivity contribution in [1.29, 1.82) is 5.26 Å². The number of para-hydroxylation sites is 1. The van der Waals surface area contributed by atoms with Gasteiger partial charge in [0.15, 0.2) is 5.78 Å². The van der Waals surface area contributed by atoms with E-state index in [9.17, 15) is 9.90 Å². The van der Waals surface area contributed by atoms with E-state index in [1.54, 1.807) is 0 Å². The first-order valence-corrected chi connectivity index (χ1v) is 6.94. The molecule has 0 fully saturated rings. The Morgan fingerprint density at radius 1 is 1.27 bits per heavy atom. The monoisotopic (exact) mass is 291 g/mol. The Morgan fingerprint density at radius 3 is 2.77 bits per heavy atom. The van der Waals surface area contributed by atoms with Crippen molar-refractivity contribution in [1.82, 2.24) is 0 Å². The van der Waals surface area contributed by atoms with E-state index < -0.39 is 0 Å². The van der Waals surface area contributed by atoms with Gasteiger partial charge >= 0.3 is 0 Å².